The SMILES string of the molecule is O=C1NC(=O)[C@@H]2[C@@H]1[C@@H](c1cccc([N+](=O)[O-])c1)NN2Cc1ccccc1. The maximum Gasteiger partial charge on any atom is 0.269 e. The van der Waals surface area contributed by atoms with Crippen molar-refractivity contribution in [1.29, 1.82) is 0 Å². The van der Waals surface area contributed by atoms with E-state index in [4.69, 9.17) is 0 Å². The molecule has 2 heterocycles. The number of fused-ring (bicyclic) bond motifs is 1. The maximum absolute atomic E-state index is 12.3. The van der Waals surface area contributed by atoms with E-state index < -0.39 is 22.9 Å². The van der Waals surface area contributed by atoms with E-state index in [1.54, 1.807) is 17.1 Å². The minimum Gasteiger partial charge on any atom is -0.295 e. The van der Waals surface area contributed by atoms with Crippen LogP contribution in [0, 0.1) is 16.0 Å². The number of nitro benzene ring substituents is 1. The van der Waals surface area contributed by atoms with Gasteiger partial charge in [0.1, 0.15) is 6.04 Å². The molecule has 26 heavy (non-hydrogen) atoms. The number of nitro groups is 1. The molecule has 132 valence electrons. The number of nitrogens with zero attached hydrogens (tertiary/aromatic N) is 2. The molecule has 2 amide bonds. The first-order chi connectivity index (χ1) is 12.5. The van der Waals surface area contributed by atoms with Crippen LogP contribution in [0.1, 0.15) is 17.2 Å². The van der Waals surface area contributed by atoms with Gasteiger partial charge in [0.15, 0.2) is 0 Å². The number of hydrazine groups is 1. The lowest BCUT2D eigenvalue weighted by molar-refractivity contribution is -0.384. The van der Waals surface area contributed by atoms with Crippen molar-refractivity contribution in [3.8, 4) is 0 Å². The van der Waals surface area contributed by atoms with Crippen molar-refractivity contribution >= 4 is 17.5 Å². The topological polar surface area (TPSA) is 105 Å². The van der Waals surface area contributed by atoms with Gasteiger partial charge >= 0.3 is 0 Å². The van der Waals surface area contributed by atoms with Crippen LogP contribution >= 0.6 is 0 Å². The van der Waals surface area contributed by atoms with Gasteiger partial charge in [-0.1, -0.05) is 42.5 Å². The van der Waals surface area contributed by atoms with Gasteiger partial charge in [-0.3, -0.25) is 25.0 Å². The first kappa shape index (κ1) is 16.4. The Labute approximate surface area is 148 Å². The van der Waals surface area contributed by atoms with Crippen LogP contribution in [0.4, 0.5) is 5.69 Å². The predicted molar refractivity (Wildman–Crippen MR) is 91.4 cm³/mol. The number of carbonyl (C=O) groups is 2. The summed E-state index contributed by atoms with van der Waals surface area (Å²) in [6.07, 6.45) is 0. The highest BCUT2D eigenvalue weighted by molar-refractivity contribution is 6.07. The summed E-state index contributed by atoms with van der Waals surface area (Å²) < 4.78 is 0. The van der Waals surface area contributed by atoms with Crippen LogP contribution < -0.4 is 10.7 Å². The summed E-state index contributed by atoms with van der Waals surface area (Å²) in [6.45, 7) is 0.439. The summed E-state index contributed by atoms with van der Waals surface area (Å²) >= 11 is 0. The van der Waals surface area contributed by atoms with E-state index in [9.17, 15) is 19.7 Å². The quantitative estimate of drug-likeness (QED) is 0.488. The second-order valence-electron chi connectivity index (χ2n) is 6.40. The number of rotatable bonds is 4. The highest BCUT2D eigenvalue weighted by atomic mass is 16.6. The molecular formula is C18H16N4O4. The van der Waals surface area contributed by atoms with E-state index in [0.717, 1.165) is 5.56 Å². The van der Waals surface area contributed by atoms with Gasteiger partial charge in [-0.15, -0.1) is 0 Å². The smallest absolute Gasteiger partial charge is 0.269 e. The summed E-state index contributed by atoms with van der Waals surface area (Å²) in [5.74, 6) is -1.34. The number of benzene rings is 2. The molecule has 0 aliphatic carbocycles. The van der Waals surface area contributed by atoms with Gasteiger partial charge in [-0.2, -0.15) is 0 Å². The molecule has 3 atom stereocenters. The zero-order chi connectivity index (χ0) is 18.3. The van der Waals surface area contributed by atoms with Crippen molar-refractivity contribution in [3.63, 3.8) is 0 Å². The third-order valence-electron chi connectivity index (χ3n) is 4.79. The lowest BCUT2D eigenvalue weighted by Gasteiger charge is -2.22. The Hall–Kier alpha value is -3.10. The molecule has 4 rings (SSSR count). The van der Waals surface area contributed by atoms with Crippen LogP contribution in [-0.4, -0.2) is 27.8 Å². The Morgan fingerprint density at radius 1 is 1.04 bits per heavy atom. The molecular weight excluding hydrogens is 336 g/mol. The number of imide groups is 1. The summed E-state index contributed by atoms with van der Waals surface area (Å²) in [7, 11) is 0. The highest BCUT2D eigenvalue weighted by Crippen LogP contribution is 2.38. The number of hydrogen-bond acceptors (Lipinski definition) is 6. The number of amides is 2. The second kappa shape index (κ2) is 6.32. The van der Waals surface area contributed by atoms with Gasteiger partial charge in [-0.25, -0.2) is 10.4 Å². The summed E-state index contributed by atoms with van der Waals surface area (Å²) in [6, 6.07) is 14.6. The summed E-state index contributed by atoms with van der Waals surface area (Å²) in [5.41, 5.74) is 4.76. The third-order valence-corrected chi connectivity index (χ3v) is 4.79. The average molecular weight is 352 g/mol. The van der Waals surface area contributed by atoms with E-state index >= 15 is 0 Å². The van der Waals surface area contributed by atoms with Gasteiger partial charge < -0.3 is 0 Å². The molecule has 0 unspecified atom stereocenters. The Morgan fingerprint density at radius 2 is 1.81 bits per heavy atom. The van der Waals surface area contributed by atoms with Gasteiger partial charge in [0, 0.05) is 18.7 Å². The summed E-state index contributed by atoms with van der Waals surface area (Å²) in [4.78, 5) is 35.2. The largest absolute Gasteiger partial charge is 0.295 e. The third kappa shape index (κ3) is 2.75. The molecule has 2 aromatic rings. The zero-order valence-electron chi connectivity index (χ0n) is 13.7. The van der Waals surface area contributed by atoms with Crippen LogP contribution in [0.25, 0.3) is 0 Å². The number of carbonyl (C=O) groups excluding carboxylic acids is 2. The molecule has 8 heteroatoms. The Balaban J connectivity index is 1.68. The van der Waals surface area contributed by atoms with E-state index in [0.29, 0.717) is 12.1 Å². The highest BCUT2D eigenvalue weighted by Gasteiger charge is 2.54. The molecule has 2 aromatic carbocycles. The number of hydrogen-bond donors (Lipinski definition) is 2. The van der Waals surface area contributed by atoms with Crippen LogP contribution in [0.3, 0.4) is 0 Å². The van der Waals surface area contributed by atoms with Crippen LogP contribution in [0.15, 0.2) is 54.6 Å². The second-order valence-corrected chi connectivity index (χ2v) is 6.40. The van der Waals surface area contributed by atoms with Crippen molar-refractivity contribution in [2.75, 3.05) is 0 Å². The monoisotopic (exact) mass is 352 g/mol. The van der Waals surface area contributed by atoms with E-state index in [1.165, 1.54) is 12.1 Å². The standard InChI is InChI=1S/C18H16N4O4/c23-17-14-15(12-7-4-8-13(9-12)22(25)26)20-21(16(14)18(24)19-17)10-11-5-2-1-3-6-11/h1-9,14-16,20H,10H2,(H,19,23,24)/t14-,15+,16-/m0/s1. The lowest BCUT2D eigenvalue weighted by atomic mass is 9.90. The van der Waals surface area contributed by atoms with Gasteiger partial charge in [0.25, 0.3) is 5.69 Å². The van der Waals surface area contributed by atoms with Crippen LogP contribution in [0.5, 0.6) is 0 Å². The molecule has 2 fully saturated rings. The van der Waals surface area contributed by atoms with Crippen molar-refractivity contribution < 1.29 is 14.5 Å². The normalized spacial score (nSPS) is 25.2. The number of nitrogens with one attached hydrogen (secondary N) is 2. The van der Waals surface area contributed by atoms with Crippen molar-refractivity contribution in [2.24, 2.45) is 5.92 Å². The predicted octanol–water partition coefficient (Wildman–Crippen LogP) is 1.30. The molecule has 2 saturated heterocycles. The molecule has 2 aliphatic rings. The Bertz CT molecular complexity index is 886. The van der Waals surface area contributed by atoms with E-state index in [-0.39, 0.29) is 17.5 Å². The van der Waals surface area contributed by atoms with Crippen molar-refractivity contribution in [2.45, 2.75) is 18.6 Å². The van der Waals surface area contributed by atoms with Crippen LogP contribution in [-0.2, 0) is 16.1 Å². The Kier molecular flexibility index (Phi) is 3.98. The molecule has 8 nitrogen and oxygen atoms in total. The van der Waals surface area contributed by atoms with E-state index in [2.05, 4.69) is 10.7 Å². The Morgan fingerprint density at radius 3 is 2.54 bits per heavy atom. The fraction of sp³-hybridized carbons (Fsp3) is 0.222. The molecule has 0 saturated carbocycles. The minimum atomic E-state index is -0.646. The van der Waals surface area contributed by atoms with Gasteiger partial charge in [0.05, 0.1) is 16.9 Å². The first-order valence-corrected chi connectivity index (χ1v) is 8.20. The average Bonchev–Trinajstić information content (AvgIpc) is 3.15. The molecule has 0 bridgehead atoms. The molecule has 0 spiro atoms. The molecule has 0 aromatic heterocycles. The zero-order valence-corrected chi connectivity index (χ0v) is 13.7. The van der Waals surface area contributed by atoms with Gasteiger partial charge in [-0.05, 0) is 11.1 Å². The molecule has 0 radical (unpaired) electrons. The molecule has 2 aliphatic heterocycles. The lowest BCUT2D eigenvalue weighted by Crippen LogP contribution is -2.43. The fourth-order valence-electron chi connectivity index (χ4n) is 3.63. The van der Waals surface area contributed by atoms with Crippen LogP contribution in [0.2, 0.25) is 0 Å². The fourth-order valence-corrected chi connectivity index (χ4v) is 3.63. The maximum atomic E-state index is 12.3. The van der Waals surface area contributed by atoms with E-state index in [1.807, 2.05) is 30.3 Å². The summed E-state index contributed by atoms with van der Waals surface area (Å²) in [5, 5.41) is 15.2. The molecule has 2 N–H and O–H groups in total. The first-order valence-electron chi connectivity index (χ1n) is 8.20. The number of non-ortho nitro benzene ring substituents is 1. The van der Waals surface area contributed by atoms with Crippen molar-refractivity contribution in [1.82, 2.24) is 15.8 Å². The van der Waals surface area contributed by atoms with Gasteiger partial charge in [0.2, 0.25) is 11.8 Å². The minimum absolute atomic E-state index is 0.0490. The van der Waals surface area contributed by atoms with Crippen molar-refractivity contribution in [3.05, 3.63) is 75.8 Å².